The van der Waals surface area contributed by atoms with Crippen molar-refractivity contribution < 1.29 is 14.2 Å². The van der Waals surface area contributed by atoms with Crippen molar-refractivity contribution in [3.05, 3.63) is 59.4 Å². The second-order valence-electron chi connectivity index (χ2n) is 4.51. The van der Waals surface area contributed by atoms with Gasteiger partial charge >= 0.3 is 0 Å². The lowest BCUT2D eigenvalue weighted by atomic mass is 10.1. The fraction of sp³-hybridized carbons (Fsp3) is 0.250. The van der Waals surface area contributed by atoms with Gasteiger partial charge in [0.15, 0.2) is 0 Å². The molecule has 100 valence electrons. The lowest BCUT2D eigenvalue weighted by Gasteiger charge is -2.10. The summed E-state index contributed by atoms with van der Waals surface area (Å²) < 4.78 is 18.9. The van der Waals surface area contributed by atoms with E-state index < -0.39 is 6.10 Å². The van der Waals surface area contributed by atoms with Crippen LogP contribution in [0.3, 0.4) is 0 Å². The molecule has 2 nitrogen and oxygen atoms in total. The van der Waals surface area contributed by atoms with Crippen LogP contribution in [0.15, 0.2) is 42.5 Å². The number of rotatable bonds is 4. The van der Waals surface area contributed by atoms with Gasteiger partial charge < -0.3 is 9.84 Å². The lowest BCUT2D eigenvalue weighted by Crippen LogP contribution is -1.94. The van der Waals surface area contributed by atoms with Crippen molar-refractivity contribution in [1.29, 1.82) is 0 Å². The maximum Gasteiger partial charge on any atom is 0.130 e. The highest BCUT2D eigenvalue weighted by Gasteiger charge is 2.05. The van der Waals surface area contributed by atoms with Gasteiger partial charge in [-0.1, -0.05) is 25.1 Å². The van der Waals surface area contributed by atoms with Crippen LogP contribution in [-0.4, -0.2) is 5.11 Å². The first-order valence-electron chi connectivity index (χ1n) is 6.32. The predicted octanol–water partition coefficient (Wildman–Crippen LogP) is 4.37. The number of aliphatic hydroxyl groups is 1. The molecule has 0 aliphatic carbocycles. The van der Waals surface area contributed by atoms with Crippen LogP contribution in [-0.2, 0) is 0 Å². The summed E-state index contributed by atoms with van der Waals surface area (Å²) in [6.45, 7) is 3.63. The van der Waals surface area contributed by atoms with E-state index >= 15 is 0 Å². The molecule has 19 heavy (non-hydrogen) atoms. The summed E-state index contributed by atoms with van der Waals surface area (Å²) in [5.41, 5.74) is 1.44. The molecule has 0 aliphatic heterocycles. The zero-order chi connectivity index (χ0) is 13.8. The molecule has 3 heteroatoms. The molecule has 0 amide bonds. The van der Waals surface area contributed by atoms with Crippen LogP contribution in [0.1, 0.15) is 30.6 Å². The largest absolute Gasteiger partial charge is 0.457 e. The van der Waals surface area contributed by atoms with E-state index in [-0.39, 0.29) is 5.82 Å². The number of ether oxygens (including phenoxy) is 1. The highest BCUT2D eigenvalue weighted by atomic mass is 19.1. The summed E-state index contributed by atoms with van der Waals surface area (Å²) in [7, 11) is 0. The molecule has 0 spiro atoms. The molecule has 0 heterocycles. The van der Waals surface area contributed by atoms with Crippen molar-refractivity contribution in [2.45, 2.75) is 26.4 Å². The summed E-state index contributed by atoms with van der Waals surface area (Å²) in [4.78, 5) is 0. The third-order valence-corrected chi connectivity index (χ3v) is 3.03. The molecule has 0 unspecified atom stereocenters. The van der Waals surface area contributed by atoms with E-state index in [1.807, 2.05) is 19.1 Å². The molecule has 1 N–H and O–H groups in total. The van der Waals surface area contributed by atoms with Gasteiger partial charge in [0.1, 0.15) is 17.3 Å². The first-order valence-corrected chi connectivity index (χ1v) is 6.32. The van der Waals surface area contributed by atoms with Gasteiger partial charge in [0, 0.05) is 6.07 Å². The summed E-state index contributed by atoms with van der Waals surface area (Å²) >= 11 is 0. The molecular weight excluding hydrogens is 243 g/mol. The van der Waals surface area contributed by atoms with Gasteiger partial charge in [-0.05, 0) is 42.7 Å². The Hall–Kier alpha value is -1.87. The molecule has 2 aromatic rings. The van der Waals surface area contributed by atoms with E-state index in [2.05, 4.69) is 0 Å². The molecule has 2 rings (SSSR count). The van der Waals surface area contributed by atoms with E-state index in [4.69, 9.17) is 4.74 Å². The van der Waals surface area contributed by atoms with Crippen LogP contribution < -0.4 is 4.74 Å². The normalized spacial score (nSPS) is 12.2. The van der Waals surface area contributed by atoms with Crippen molar-refractivity contribution in [3.63, 3.8) is 0 Å². The van der Waals surface area contributed by atoms with Gasteiger partial charge in [0.05, 0.1) is 6.10 Å². The average molecular weight is 260 g/mol. The van der Waals surface area contributed by atoms with E-state index in [9.17, 15) is 9.50 Å². The van der Waals surface area contributed by atoms with Gasteiger partial charge in [0.25, 0.3) is 0 Å². The fourth-order valence-corrected chi connectivity index (χ4v) is 1.77. The number of aryl methyl sites for hydroxylation is 1. The Labute approximate surface area is 112 Å². The predicted molar refractivity (Wildman–Crippen MR) is 72.9 cm³/mol. The Bertz CT molecular complexity index is 549. The summed E-state index contributed by atoms with van der Waals surface area (Å²) in [6, 6.07) is 11.9. The Morgan fingerprint density at radius 2 is 1.74 bits per heavy atom. The molecule has 0 radical (unpaired) electrons. The van der Waals surface area contributed by atoms with Gasteiger partial charge in [-0.2, -0.15) is 0 Å². The van der Waals surface area contributed by atoms with Crippen molar-refractivity contribution in [3.8, 4) is 11.5 Å². The Morgan fingerprint density at radius 3 is 2.32 bits per heavy atom. The van der Waals surface area contributed by atoms with Crippen LogP contribution in [0.2, 0.25) is 0 Å². The van der Waals surface area contributed by atoms with E-state index in [0.29, 0.717) is 23.5 Å². The van der Waals surface area contributed by atoms with Crippen molar-refractivity contribution >= 4 is 0 Å². The Kier molecular flexibility index (Phi) is 4.17. The fourth-order valence-electron chi connectivity index (χ4n) is 1.77. The molecule has 0 fully saturated rings. The second-order valence-corrected chi connectivity index (χ2v) is 4.51. The smallest absolute Gasteiger partial charge is 0.130 e. The van der Waals surface area contributed by atoms with Crippen LogP contribution in [0.25, 0.3) is 0 Å². The molecule has 2 aromatic carbocycles. The number of benzene rings is 2. The minimum absolute atomic E-state index is 0.282. The lowest BCUT2D eigenvalue weighted by molar-refractivity contribution is 0.173. The second kappa shape index (κ2) is 5.85. The molecular formula is C16H17FO2. The van der Waals surface area contributed by atoms with Crippen LogP contribution in [0, 0.1) is 12.7 Å². The monoisotopic (exact) mass is 260 g/mol. The third-order valence-electron chi connectivity index (χ3n) is 3.03. The standard InChI is InChI=1S/C16H17FO2/c1-3-16(18)12-5-8-13(9-6-12)19-14-7-4-11(2)15(17)10-14/h4-10,16,18H,3H2,1-2H3/t16-/m0/s1. The Balaban J connectivity index is 2.12. The zero-order valence-corrected chi connectivity index (χ0v) is 11.1. The SMILES string of the molecule is CC[C@H](O)c1ccc(Oc2ccc(C)c(F)c2)cc1. The summed E-state index contributed by atoms with van der Waals surface area (Å²) in [5.74, 6) is 0.803. The number of hydrogen-bond acceptors (Lipinski definition) is 2. The maximum absolute atomic E-state index is 13.4. The third kappa shape index (κ3) is 3.32. The van der Waals surface area contributed by atoms with Crippen molar-refractivity contribution in [1.82, 2.24) is 0 Å². The van der Waals surface area contributed by atoms with Gasteiger partial charge in [-0.25, -0.2) is 4.39 Å². The van der Waals surface area contributed by atoms with Gasteiger partial charge in [-0.15, -0.1) is 0 Å². The minimum atomic E-state index is -0.453. The quantitative estimate of drug-likeness (QED) is 0.884. The maximum atomic E-state index is 13.4. The molecule has 0 bridgehead atoms. The molecule has 0 aromatic heterocycles. The summed E-state index contributed by atoms with van der Waals surface area (Å²) in [5, 5.41) is 9.69. The van der Waals surface area contributed by atoms with E-state index in [0.717, 1.165) is 5.56 Å². The van der Waals surface area contributed by atoms with Crippen LogP contribution >= 0.6 is 0 Å². The highest BCUT2D eigenvalue weighted by molar-refractivity contribution is 5.35. The number of hydrogen-bond donors (Lipinski definition) is 1. The zero-order valence-electron chi connectivity index (χ0n) is 11.1. The first kappa shape index (κ1) is 13.6. The van der Waals surface area contributed by atoms with E-state index in [1.54, 1.807) is 31.2 Å². The molecule has 1 atom stereocenters. The van der Waals surface area contributed by atoms with Gasteiger partial charge in [0.2, 0.25) is 0 Å². The van der Waals surface area contributed by atoms with Crippen LogP contribution in [0.4, 0.5) is 4.39 Å². The van der Waals surface area contributed by atoms with Crippen molar-refractivity contribution in [2.75, 3.05) is 0 Å². The number of halogens is 1. The Morgan fingerprint density at radius 1 is 1.11 bits per heavy atom. The minimum Gasteiger partial charge on any atom is -0.457 e. The van der Waals surface area contributed by atoms with Crippen LogP contribution in [0.5, 0.6) is 11.5 Å². The van der Waals surface area contributed by atoms with Gasteiger partial charge in [-0.3, -0.25) is 0 Å². The topological polar surface area (TPSA) is 29.5 Å². The highest BCUT2D eigenvalue weighted by Crippen LogP contribution is 2.25. The van der Waals surface area contributed by atoms with Crippen molar-refractivity contribution in [2.24, 2.45) is 0 Å². The number of aliphatic hydroxyl groups excluding tert-OH is 1. The average Bonchev–Trinajstić information content (AvgIpc) is 2.43. The first-order chi connectivity index (χ1) is 9.10. The molecule has 0 aliphatic rings. The molecule has 0 saturated heterocycles. The molecule has 0 saturated carbocycles. The van der Waals surface area contributed by atoms with E-state index in [1.165, 1.54) is 6.07 Å². The summed E-state index contributed by atoms with van der Waals surface area (Å²) in [6.07, 6.45) is 0.217.